The number of nitrogens with zero attached hydrogens (tertiary/aromatic N) is 5. The molecule has 0 aliphatic carbocycles. The average molecular weight is 680 g/mol. The fourth-order valence-corrected chi connectivity index (χ4v) is 8.42. The Morgan fingerprint density at radius 1 is 1.32 bits per heavy atom. The number of oxime groups is 1. The fourth-order valence-electron chi connectivity index (χ4n) is 4.28. The summed E-state index contributed by atoms with van der Waals surface area (Å²) in [4.78, 5) is 76.1. The maximum Gasteiger partial charge on any atom is 0.493 e. The molecule has 7 N–H and O–H groups in total. The molecule has 2 aliphatic heterocycles. The van der Waals surface area contributed by atoms with Crippen molar-refractivity contribution in [3.8, 4) is 0 Å². The number of nitrogen functional groups attached to an aromatic ring is 1. The molecule has 5 heterocycles. The first-order chi connectivity index (χ1) is 20.9. The molecule has 44 heavy (non-hydrogen) atoms. The Labute approximate surface area is 264 Å². The van der Waals surface area contributed by atoms with E-state index in [9.17, 15) is 29.1 Å². The zero-order valence-electron chi connectivity index (χ0n) is 22.7. The molecule has 3 aromatic rings. The van der Waals surface area contributed by atoms with Crippen LogP contribution in [0, 0.1) is 6.92 Å². The number of fused-ring (bicyclic) bond motifs is 2. The molecular formula is C24H23N8O8S4+. The van der Waals surface area contributed by atoms with E-state index in [0.29, 0.717) is 21.1 Å². The number of thioether (sulfide) groups is 2. The van der Waals surface area contributed by atoms with Crippen LogP contribution in [0.25, 0.3) is 10.2 Å². The lowest BCUT2D eigenvalue weighted by atomic mass is 10.0. The molecule has 1 fully saturated rings. The molecule has 5 rings (SSSR count). The van der Waals surface area contributed by atoms with Crippen LogP contribution in [0.3, 0.4) is 0 Å². The number of carboxylic acid groups (broad SMARTS) is 2. The molecule has 1 saturated heterocycles. The molecule has 3 atom stereocenters. The SMILES string of the molecule is Cc1c2nc(SCC3=C(C(=O)O)N4C(=O)C(NC(=O)/C(=N\O[C@@H](C)C(=O)O)c5csc(N)n5)[C@@H]4SC3)sc2cc[n+]1C(N)=O. The molecule has 0 spiro atoms. The topological polar surface area (TPSA) is 244 Å². The number of carboxylic acids is 2. The molecule has 0 saturated carbocycles. The zero-order valence-corrected chi connectivity index (χ0v) is 26.0. The van der Waals surface area contributed by atoms with E-state index in [4.69, 9.17) is 21.4 Å². The van der Waals surface area contributed by atoms with E-state index in [1.54, 1.807) is 19.2 Å². The number of carbonyl (C=O) groups is 5. The predicted molar refractivity (Wildman–Crippen MR) is 161 cm³/mol. The van der Waals surface area contributed by atoms with Crippen molar-refractivity contribution < 1.29 is 43.6 Å². The van der Waals surface area contributed by atoms with Crippen molar-refractivity contribution in [2.75, 3.05) is 17.2 Å². The molecule has 0 radical (unpaired) electrons. The third-order valence-corrected chi connectivity index (χ3v) is 10.7. The summed E-state index contributed by atoms with van der Waals surface area (Å²) in [5, 5.41) is 26.1. The molecule has 2 aliphatic rings. The van der Waals surface area contributed by atoms with Gasteiger partial charge in [-0.15, -0.1) is 34.4 Å². The van der Waals surface area contributed by atoms with Crippen molar-refractivity contribution in [1.82, 2.24) is 20.2 Å². The summed E-state index contributed by atoms with van der Waals surface area (Å²) in [5.74, 6) is -3.62. The summed E-state index contributed by atoms with van der Waals surface area (Å²) >= 11 is 4.98. The average Bonchev–Trinajstić information content (AvgIpc) is 3.60. The van der Waals surface area contributed by atoms with Gasteiger partial charge in [-0.1, -0.05) is 16.9 Å². The number of primary amides is 1. The van der Waals surface area contributed by atoms with Crippen LogP contribution in [0.4, 0.5) is 9.93 Å². The number of β-lactam (4-membered cyclic amide) rings is 1. The number of pyridine rings is 1. The van der Waals surface area contributed by atoms with Crippen LogP contribution in [0.2, 0.25) is 0 Å². The van der Waals surface area contributed by atoms with Crippen molar-refractivity contribution in [2.45, 2.75) is 35.7 Å². The van der Waals surface area contributed by atoms with Gasteiger partial charge in [0.15, 0.2) is 15.2 Å². The highest BCUT2D eigenvalue weighted by molar-refractivity contribution is 8.02. The fraction of sp³-hybridized carbons (Fsp3) is 0.292. The first kappa shape index (κ1) is 31.2. The Kier molecular flexibility index (Phi) is 8.77. The van der Waals surface area contributed by atoms with Gasteiger partial charge in [0.2, 0.25) is 6.10 Å². The standard InChI is InChI=1S/C24H22N8O8S4/c1-8-13-12(3-4-31(8)23(26)39)44-24(29-13)43-6-10-5-41-19-15(18(34)32(19)16(10)21(37)38)28-17(33)14(11-7-42-22(25)27-11)30-40-9(2)20(35)36/h3-4,7,9,15,19H,5-6H2,1-2H3,(H6-,25,26,27,28,33,35,36,37,38,39)/p+1/b30-14-/t9-,15?,19-/m0/s1. The van der Waals surface area contributed by atoms with Gasteiger partial charge in [-0.2, -0.15) is 9.36 Å². The molecule has 3 amide bonds. The number of amides is 3. The van der Waals surface area contributed by atoms with Gasteiger partial charge in [0, 0.05) is 23.8 Å². The van der Waals surface area contributed by atoms with E-state index in [1.165, 1.54) is 51.7 Å². The maximum atomic E-state index is 13.2. The molecular weight excluding hydrogens is 657 g/mol. The lowest BCUT2D eigenvalue weighted by molar-refractivity contribution is -0.575. The quantitative estimate of drug-likeness (QED) is 0.0648. The van der Waals surface area contributed by atoms with Gasteiger partial charge < -0.3 is 26.1 Å². The van der Waals surface area contributed by atoms with Crippen molar-refractivity contribution in [3.05, 3.63) is 40.3 Å². The number of nitrogens with one attached hydrogen (secondary N) is 1. The third kappa shape index (κ3) is 5.92. The van der Waals surface area contributed by atoms with Crippen LogP contribution in [-0.4, -0.2) is 89.6 Å². The Morgan fingerprint density at radius 3 is 2.70 bits per heavy atom. The van der Waals surface area contributed by atoms with Crippen LogP contribution in [-0.2, 0) is 24.0 Å². The highest BCUT2D eigenvalue weighted by atomic mass is 32.2. The zero-order chi connectivity index (χ0) is 31.9. The van der Waals surface area contributed by atoms with Crippen LogP contribution in [0.15, 0.2) is 38.4 Å². The summed E-state index contributed by atoms with van der Waals surface area (Å²) < 4.78 is 2.76. The molecule has 1 unspecified atom stereocenters. The van der Waals surface area contributed by atoms with Gasteiger partial charge >= 0.3 is 18.0 Å². The number of hydrogen-bond acceptors (Lipinski definition) is 14. The number of thiazole rings is 2. The number of rotatable bonds is 10. The minimum absolute atomic E-state index is 0.0161. The molecule has 16 nitrogen and oxygen atoms in total. The van der Waals surface area contributed by atoms with E-state index in [1.807, 2.05) is 0 Å². The lowest BCUT2D eigenvalue weighted by Crippen LogP contribution is -2.71. The highest BCUT2D eigenvalue weighted by Crippen LogP contribution is 2.42. The summed E-state index contributed by atoms with van der Waals surface area (Å²) in [5.41, 5.74) is 12.2. The van der Waals surface area contributed by atoms with Crippen LogP contribution in [0.5, 0.6) is 0 Å². The number of hydrogen-bond donors (Lipinski definition) is 5. The molecule has 20 heteroatoms. The first-order valence-corrected chi connectivity index (χ1v) is 16.2. The van der Waals surface area contributed by atoms with Crippen molar-refractivity contribution in [3.63, 3.8) is 0 Å². The van der Waals surface area contributed by atoms with Crippen molar-refractivity contribution >= 4 is 97.0 Å². The number of anilines is 1. The second-order valence-electron chi connectivity index (χ2n) is 9.31. The largest absolute Gasteiger partial charge is 0.493 e. The summed E-state index contributed by atoms with van der Waals surface area (Å²) in [6.45, 7) is 2.94. The van der Waals surface area contributed by atoms with E-state index >= 15 is 0 Å². The van der Waals surface area contributed by atoms with E-state index in [-0.39, 0.29) is 28.0 Å². The number of nitrogens with two attached hydrogens (primary N) is 2. The predicted octanol–water partition coefficient (Wildman–Crippen LogP) is 0.582. The molecule has 0 bridgehead atoms. The van der Waals surface area contributed by atoms with Crippen LogP contribution >= 0.6 is 46.2 Å². The monoisotopic (exact) mass is 679 g/mol. The van der Waals surface area contributed by atoms with Crippen LogP contribution < -0.4 is 21.4 Å². The smallest absolute Gasteiger partial charge is 0.478 e. The Balaban J connectivity index is 1.32. The Bertz CT molecular complexity index is 1790. The molecule has 0 aromatic carbocycles. The highest BCUT2D eigenvalue weighted by Gasteiger charge is 2.54. The Morgan fingerprint density at radius 2 is 2.07 bits per heavy atom. The third-order valence-electron chi connectivity index (χ3n) is 6.49. The summed E-state index contributed by atoms with van der Waals surface area (Å²) in [6.07, 6.45) is 0.187. The number of carbonyl (C=O) groups excluding carboxylic acids is 3. The maximum absolute atomic E-state index is 13.2. The second kappa shape index (κ2) is 12.4. The number of aryl methyl sites for hydroxylation is 1. The van der Waals surface area contributed by atoms with E-state index in [2.05, 4.69) is 20.4 Å². The summed E-state index contributed by atoms with van der Waals surface area (Å²) in [7, 11) is 0. The van der Waals surface area contributed by atoms with Crippen molar-refractivity contribution in [2.24, 2.45) is 10.9 Å². The van der Waals surface area contributed by atoms with E-state index < -0.39 is 53.0 Å². The number of aliphatic carboxylic acids is 2. The molecule has 3 aromatic heterocycles. The lowest BCUT2D eigenvalue weighted by Gasteiger charge is -2.49. The van der Waals surface area contributed by atoms with Crippen molar-refractivity contribution in [1.29, 1.82) is 0 Å². The van der Waals surface area contributed by atoms with Crippen LogP contribution in [0.1, 0.15) is 18.3 Å². The van der Waals surface area contributed by atoms with Gasteiger partial charge in [-0.3, -0.25) is 20.2 Å². The van der Waals surface area contributed by atoms with Gasteiger partial charge in [0.25, 0.3) is 11.8 Å². The Hall–Kier alpha value is -4.27. The van der Waals surface area contributed by atoms with E-state index in [0.717, 1.165) is 20.9 Å². The summed E-state index contributed by atoms with van der Waals surface area (Å²) in [6, 6.07) is 0.00438. The van der Waals surface area contributed by atoms with Gasteiger partial charge in [0.1, 0.15) is 40.2 Å². The normalized spacial score (nSPS) is 18.9. The van der Waals surface area contributed by atoms with Gasteiger partial charge in [-0.05, 0) is 18.6 Å². The minimum atomic E-state index is -1.37. The first-order valence-electron chi connectivity index (χ1n) is 12.5. The molecule has 230 valence electrons. The second-order valence-corrected chi connectivity index (χ2v) is 13.6. The van der Waals surface area contributed by atoms with Gasteiger partial charge in [0.05, 0.1) is 4.70 Å². The minimum Gasteiger partial charge on any atom is -0.478 e. The number of aromatic nitrogens is 3. The van der Waals surface area contributed by atoms with Gasteiger partial charge in [-0.25, -0.2) is 19.6 Å².